The molecule has 2 nitrogen and oxygen atoms in total. The molecule has 11 heavy (non-hydrogen) atoms. The van der Waals surface area contributed by atoms with Crippen molar-refractivity contribution >= 4 is 0 Å². The van der Waals surface area contributed by atoms with Crippen molar-refractivity contribution in [2.75, 3.05) is 13.1 Å². The summed E-state index contributed by atoms with van der Waals surface area (Å²) in [5.74, 6) is 0. The average Bonchev–Trinajstić information content (AvgIpc) is 1.85. The normalized spacial score (nSPS) is 32.2. The lowest BCUT2D eigenvalue weighted by Gasteiger charge is -2.43. The summed E-state index contributed by atoms with van der Waals surface area (Å²) in [5, 5.41) is 9.43. The first kappa shape index (κ1) is 9.01. The van der Waals surface area contributed by atoms with Gasteiger partial charge in [-0.2, -0.15) is 0 Å². The van der Waals surface area contributed by atoms with Crippen LogP contribution in [0.3, 0.4) is 0 Å². The standard InChI is InChI=1S/C9H19NO/c1-4-10-6-5-8(11)7-9(10,2)3/h8,11H,4-7H2,1-3H3. The fourth-order valence-electron chi connectivity index (χ4n) is 2.00. The van der Waals surface area contributed by atoms with Gasteiger partial charge in [0, 0.05) is 12.1 Å². The molecule has 1 aliphatic rings. The third-order valence-electron chi connectivity index (χ3n) is 2.71. The van der Waals surface area contributed by atoms with Gasteiger partial charge >= 0.3 is 0 Å². The molecule has 0 aromatic heterocycles. The second kappa shape index (κ2) is 3.11. The maximum absolute atomic E-state index is 9.43. The molecule has 0 aromatic carbocycles. The quantitative estimate of drug-likeness (QED) is 0.619. The molecule has 0 aromatic rings. The summed E-state index contributed by atoms with van der Waals surface area (Å²) >= 11 is 0. The Labute approximate surface area is 69.2 Å². The Bertz CT molecular complexity index is 134. The van der Waals surface area contributed by atoms with E-state index in [1.54, 1.807) is 0 Å². The molecule has 1 fully saturated rings. The summed E-state index contributed by atoms with van der Waals surface area (Å²) < 4.78 is 0. The molecule has 1 heterocycles. The fourth-order valence-corrected chi connectivity index (χ4v) is 2.00. The lowest BCUT2D eigenvalue weighted by Crippen LogP contribution is -2.51. The van der Waals surface area contributed by atoms with Crippen molar-refractivity contribution < 1.29 is 5.11 Å². The fraction of sp³-hybridized carbons (Fsp3) is 1.00. The van der Waals surface area contributed by atoms with Crippen molar-refractivity contribution in [3.8, 4) is 0 Å². The summed E-state index contributed by atoms with van der Waals surface area (Å²) in [4.78, 5) is 2.43. The van der Waals surface area contributed by atoms with Crippen LogP contribution in [0.1, 0.15) is 33.6 Å². The molecule has 0 radical (unpaired) electrons. The van der Waals surface area contributed by atoms with Gasteiger partial charge in [-0.1, -0.05) is 6.92 Å². The van der Waals surface area contributed by atoms with E-state index in [2.05, 4.69) is 25.7 Å². The molecule has 0 spiro atoms. The largest absolute Gasteiger partial charge is 0.393 e. The Morgan fingerprint density at radius 1 is 1.55 bits per heavy atom. The monoisotopic (exact) mass is 157 g/mol. The highest BCUT2D eigenvalue weighted by atomic mass is 16.3. The lowest BCUT2D eigenvalue weighted by molar-refractivity contribution is 0.000965. The molecular weight excluding hydrogens is 138 g/mol. The molecule has 0 bridgehead atoms. The predicted octanol–water partition coefficient (Wildman–Crippen LogP) is 1.24. The third-order valence-corrected chi connectivity index (χ3v) is 2.71. The number of hydrogen-bond acceptors (Lipinski definition) is 2. The summed E-state index contributed by atoms with van der Waals surface area (Å²) in [5.41, 5.74) is 0.201. The lowest BCUT2D eigenvalue weighted by atomic mass is 9.89. The van der Waals surface area contributed by atoms with Crippen molar-refractivity contribution in [1.29, 1.82) is 0 Å². The van der Waals surface area contributed by atoms with Crippen molar-refractivity contribution in [2.24, 2.45) is 0 Å². The van der Waals surface area contributed by atoms with Gasteiger partial charge in [0.05, 0.1) is 6.10 Å². The van der Waals surface area contributed by atoms with Crippen LogP contribution >= 0.6 is 0 Å². The molecule has 1 saturated heterocycles. The molecule has 2 heteroatoms. The Morgan fingerprint density at radius 2 is 2.18 bits per heavy atom. The highest BCUT2D eigenvalue weighted by molar-refractivity contribution is 4.88. The van der Waals surface area contributed by atoms with Crippen LogP contribution in [0.5, 0.6) is 0 Å². The minimum absolute atomic E-state index is 0.0761. The van der Waals surface area contributed by atoms with Gasteiger partial charge in [0.15, 0.2) is 0 Å². The highest BCUT2D eigenvalue weighted by Gasteiger charge is 2.32. The van der Waals surface area contributed by atoms with Crippen molar-refractivity contribution in [3.05, 3.63) is 0 Å². The summed E-state index contributed by atoms with van der Waals surface area (Å²) in [6.07, 6.45) is 1.78. The first-order valence-electron chi connectivity index (χ1n) is 4.49. The maximum atomic E-state index is 9.43. The summed E-state index contributed by atoms with van der Waals surface area (Å²) in [6.45, 7) is 8.74. The van der Waals surface area contributed by atoms with Gasteiger partial charge in [-0.05, 0) is 33.2 Å². The molecule has 66 valence electrons. The van der Waals surface area contributed by atoms with Crippen LogP contribution in [-0.4, -0.2) is 34.7 Å². The van der Waals surface area contributed by atoms with Crippen LogP contribution in [0.2, 0.25) is 0 Å². The zero-order valence-corrected chi connectivity index (χ0v) is 7.80. The van der Waals surface area contributed by atoms with E-state index < -0.39 is 0 Å². The molecular formula is C9H19NO. The molecule has 0 saturated carbocycles. The average molecular weight is 157 g/mol. The van der Waals surface area contributed by atoms with Crippen molar-refractivity contribution in [1.82, 2.24) is 4.90 Å². The SMILES string of the molecule is CCN1CCC(O)CC1(C)C. The van der Waals surface area contributed by atoms with Crippen LogP contribution in [0.25, 0.3) is 0 Å². The van der Waals surface area contributed by atoms with Crippen LogP contribution in [0.4, 0.5) is 0 Å². The van der Waals surface area contributed by atoms with Crippen LogP contribution in [0, 0.1) is 0 Å². The van der Waals surface area contributed by atoms with E-state index in [0.29, 0.717) is 0 Å². The van der Waals surface area contributed by atoms with Crippen molar-refractivity contribution in [2.45, 2.75) is 45.3 Å². The zero-order valence-electron chi connectivity index (χ0n) is 7.80. The number of rotatable bonds is 1. The minimum atomic E-state index is -0.0761. The van der Waals surface area contributed by atoms with Gasteiger partial charge in [-0.25, -0.2) is 0 Å². The van der Waals surface area contributed by atoms with E-state index in [0.717, 1.165) is 25.9 Å². The van der Waals surface area contributed by atoms with E-state index >= 15 is 0 Å². The first-order chi connectivity index (χ1) is 5.06. The highest BCUT2D eigenvalue weighted by Crippen LogP contribution is 2.26. The van der Waals surface area contributed by atoms with Crippen LogP contribution in [0.15, 0.2) is 0 Å². The van der Waals surface area contributed by atoms with E-state index in [9.17, 15) is 5.11 Å². The molecule has 1 aliphatic heterocycles. The van der Waals surface area contributed by atoms with Gasteiger partial charge in [-0.3, -0.25) is 4.90 Å². The molecule has 0 aliphatic carbocycles. The number of hydrogen-bond donors (Lipinski definition) is 1. The third kappa shape index (κ3) is 1.94. The van der Waals surface area contributed by atoms with Gasteiger partial charge < -0.3 is 5.11 Å². The topological polar surface area (TPSA) is 23.5 Å². The van der Waals surface area contributed by atoms with E-state index in [4.69, 9.17) is 0 Å². The van der Waals surface area contributed by atoms with Crippen molar-refractivity contribution in [3.63, 3.8) is 0 Å². The second-order valence-electron chi connectivity index (χ2n) is 4.04. The minimum Gasteiger partial charge on any atom is -0.393 e. The van der Waals surface area contributed by atoms with Gasteiger partial charge in [0.25, 0.3) is 0 Å². The Hall–Kier alpha value is -0.0800. The maximum Gasteiger partial charge on any atom is 0.0569 e. The molecule has 0 amide bonds. The summed E-state index contributed by atoms with van der Waals surface area (Å²) in [7, 11) is 0. The van der Waals surface area contributed by atoms with Gasteiger partial charge in [0.1, 0.15) is 0 Å². The van der Waals surface area contributed by atoms with Crippen LogP contribution < -0.4 is 0 Å². The number of aliphatic hydroxyl groups excluding tert-OH is 1. The Balaban J connectivity index is 2.56. The van der Waals surface area contributed by atoms with Gasteiger partial charge in [0.2, 0.25) is 0 Å². The second-order valence-corrected chi connectivity index (χ2v) is 4.04. The number of piperidine rings is 1. The first-order valence-corrected chi connectivity index (χ1v) is 4.49. The number of nitrogens with zero attached hydrogens (tertiary/aromatic N) is 1. The van der Waals surface area contributed by atoms with E-state index in [-0.39, 0.29) is 11.6 Å². The molecule has 1 atom stereocenters. The zero-order chi connectivity index (χ0) is 8.48. The molecule has 1 unspecified atom stereocenters. The van der Waals surface area contributed by atoms with E-state index in [1.807, 2.05) is 0 Å². The summed E-state index contributed by atoms with van der Waals surface area (Å²) in [6, 6.07) is 0. The number of likely N-dealkylation sites (tertiary alicyclic amines) is 1. The Morgan fingerprint density at radius 3 is 2.64 bits per heavy atom. The molecule has 1 N–H and O–H groups in total. The predicted molar refractivity (Wildman–Crippen MR) is 46.6 cm³/mol. The number of aliphatic hydroxyl groups is 1. The smallest absolute Gasteiger partial charge is 0.0569 e. The van der Waals surface area contributed by atoms with E-state index in [1.165, 1.54) is 0 Å². The molecule has 1 rings (SSSR count). The van der Waals surface area contributed by atoms with Gasteiger partial charge in [-0.15, -0.1) is 0 Å². The van der Waals surface area contributed by atoms with Crippen LogP contribution in [-0.2, 0) is 0 Å². The Kier molecular flexibility index (Phi) is 2.55.